The highest BCUT2D eigenvalue weighted by Crippen LogP contribution is 2.26. The lowest BCUT2D eigenvalue weighted by Crippen LogP contribution is -2.45. The Morgan fingerprint density at radius 2 is 1.86 bits per heavy atom. The van der Waals surface area contributed by atoms with Crippen molar-refractivity contribution in [3.63, 3.8) is 0 Å². The molecule has 0 radical (unpaired) electrons. The van der Waals surface area contributed by atoms with Crippen LogP contribution in [-0.2, 0) is 5.54 Å². The first-order valence-electron chi connectivity index (χ1n) is 9.58. The average Bonchev–Trinajstić information content (AvgIpc) is 2.64. The van der Waals surface area contributed by atoms with Crippen LogP contribution in [0.15, 0.2) is 35.3 Å². The molecule has 150 valence electrons. The van der Waals surface area contributed by atoms with E-state index in [9.17, 15) is 9.59 Å². The molecule has 6 nitrogen and oxygen atoms in total. The van der Waals surface area contributed by atoms with Gasteiger partial charge < -0.3 is 10.2 Å². The fraction of sp³-hybridized carbons (Fsp3) is 0.476. The molecule has 1 N–H and O–H groups in total. The molecule has 2 heterocycles. The minimum atomic E-state index is -0.425. The summed E-state index contributed by atoms with van der Waals surface area (Å²) in [7, 11) is 0. The number of carbonyl (C=O) groups excluding carboxylic acids is 1. The number of carbonyl (C=O) groups is 1. The molecule has 1 aliphatic heterocycles. The van der Waals surface area contributed by atoms with Gasteiger partial charge in [0, 0.05) is 24.7 Å². The number of piperidine rings is 1. The van der Waals surface area contributed by atoms with Crippen molar-refractivity contribution in [2.75, 3.05) is 18.0 Å². The van der Waals surface area contributed by atoms with E-state index in [1.165, 1.54) is 4.68 Å². The minimum absolute atomic E-state index is 0.0379. The van der Waals surface area contributed by atoms with Crippen LogP contribution in [0.5, 0.6) is 0 Å². The van der Waals surface area contributed by atoms with Gasteiger partial charge in [-0.15, -0.1) is 0 Å². The Morgan fingerprint density at radius 3 is 2.46 bits per heavy atom. The summed E-state index contributed by atoms with van der Waals surface area (Å²) in [4.78, 5) is 27.1. The molecule has 1 aromatic heterocycles. The number of amides is 1. The Bertz CT molecular complexity index is 925. The van der Waals surface area contributed by atoms with Crippen LogP contribution in [0.3, 0.4) is 0 Å². The third-order valence-corrected chi connectivity index (χ3v) is 5.45. The van der Waals surface area contributed by atoms with Crippen molar-refractivity contribution in [1.82, 2.24) is 15.1 Å². The third-order valence-electron chi connectivity index (χ3n) is 5.10. The molecule has 7 heteroatoms. The highest BCUT2D eigenvalue weighted by atomic mass is 35.5. The molecule has 0 aliphatic carbocycles. The number of rotatable bonds is 3. The standard InChI is InChI=1S/C21H27ClN4O2/c1-14-7-5-6-8-16(14)19(27)24-15-9-11-25(12-10-15)17-13-23-26(21(2,3)4)20(28)18(17)22/h5-8,13,15H,9-12H2,1-4H3,(H,24,27). The largest absolute Gasteiger partial charge is 0.369 e. The lowest BCUT2D eigenvalue weighted by atomic mass is 10.0. The van der Waals surface area contributed by atoms with Gasteiger partial charge in [-0.3, -0.25) is 9.59 Å². The highest BCUT2D eigenvalue weighted by Gasteiger charge is 2.26. The second kappa shape index (κ2) is 7.95. The Balaban J connectivity index is 1.66. The van der Waals surface area contributed by atoms with E-state index in [4.69, 9.17) is 11.6 Å². The topological polar surface area (TPSA) is 67.2 Å². The van der Waals surface area contributed by atoms with E-state index >= 15 is 0 Å². The summed E-state index contributed by atoms with van der Waals surface area (Å²) < 4.78 is 1.41. The molecule has 1 amide bonds. The van der Waals surface area contributed by atoms with Crippen molar-refractivity contribution in [2.45, 2.75) is 52.1 Å². The first-order valence-corrected chi connectivity index (χ1v) is 9.96. The number of nitrogens with zero attached hydrogens (tertiary/aromatic N) is 3. The van der Waals surface area contributed by atoms with E-state index in [0.717, 1.165) is 18.4 Å². The first kappa shape index (κ1) is 20.4. The van der Waals surface area contributed by atoms with Crippen LogP contribution in [0, 0.1) is 6.92 Å². The predicted octanol–water partition coefficient (Wildman–Crippen LogP) is 3.36. The molecule has 1 fully saturated rings. The third kappa shape index (κ3) is 4.22. The number of anilines is 1. The van der Waals surface area contributed by atoms with Gasteiger partial charge in [0.25, 0.3) is 11.5 Å². The Labute approximate surface area is 170 Å². The molecule has 0 saturated carbocycles. The molecule has 0 spiro atoms. The number of hydrogen-bond acceptors (Lipinski definition) is 4. The summed E-state index contributed by atoms with van der Waals surface area (Å²) in [6.07, 6.45) is 3.24. The number of halogens is 1. The monoisotopic (exact) mass is 402 g/mol. The SMILES string of the molecule is Cc1ccccc1C(=O)NC1CCN(c2cnn(C(C)(C)C)c(=O)c2Cl)CC1. The summed E-state index contributed by atoms with van der Waals surface area (Å²) in [5.41, 5.74) is 1.64. The van der Waals surface area contributed by atoms with Gasteiger partial charge in [-0.1, -0.05) is 29.8 Å². The highest BCUT2D eigenvalue weighted by molar-refractivity contribution is 6.33. The van der Waals surface area contributed by atoms with Crippen molar-refractivity contribution in [2.24, 2.45) is 0 Å². The van der Waals surface area contributed by atoms with Crippen molar-refractivity contribution in [3.05, 3.63) is 57.0 Å². The van der Waals surface area contributed by atoms with Crippen LogP contribution in [0.25, 0.3) is 0 Å². The molecule has 3 rings (SSSR count). The van der Waals surface area contributed by atoms with Crippen molar-refractivity contribution < 1.29 is 4.79 Å². The second-order valence-corrected chi connectivity index (χ2v) is 8.66. The van der Waals surface area contributed by atoms with E-state index < -0.39 is 5.54 Å². The summed E-state index contributed by atoms with van der Waals surface area (Å²) in [5.74, 6) is -0.0379. The van der Waals surface area contributed by atoms with Gasteiger partial charge in [-0.2, -0.15) is 5.10 Å². The summed E-state index contributed by atoms with van der Waals surface area (Å²) >= 11 is 6.37. The fourth-order valence-electron chi connectivity index (χ4n) is 3.48. The molecule has 1 aliphatic rings. The maximum atomic E-state index is 12.6. The zero-order valence-corrected chi connectivity index (χ0v) is 17.6. The summed E-state index contributed by atoms with van der Waals surface area (Å²) in [6.45, 7) is 9.10. The number of aryl methyl sites for hydroxylation is 1. The van der Waals surface area contributed by atoms with Gasteiger partial charge in [-0.05, 0) is 52.2 Å². The van der Waals surface area contributed by atoms with Gasteiger partial charge in [0.05, 0.1) is 17.4 Å². The van der Waals surface area contributed by atoms with Gasteiger partial charge in [0.2, 0.25) is 0 Å². The van der Waals surface area contributed by atoms with E-state index in [1.54, 1.807) is 6.20 Å². The van der Waals surface area contributed by atoms with Crippen LogP contribution in [0.2, 0.25) is 5.02 Å². The van der Waals surface area contributed by atoms with E-state index in [0.29, 0.717) is 24.3 Å². The molecule has 2 aromatic rings. The molecule has 0 unspecified atom stereocenters. The lowest BCUT2D eigenvalue weighted by Gasteiger charge is -2.34. The van der Waals surface area contributed by atoms with Crippen LogP contribution < -0.4 is 15.8 Å². The smallest absolute Gasteiger partial charge is 0.288 e. The molecular weight excluding hydrogens is 376 g/mol. The molecule has 0 bridgehead atoms. The molecule has 1 saturated heterocycles. The summed E-state index contributed by atoms with van der Waals surface area (Å²) in [6, 6.07) is 7.68. The fourth-order valence-corrected chi connectivity index (χ4v) is 3.73. The molecular formula is C21H27ClN4O2. The number of hydrogen-bond donors (Lipinski definition) is 1. The number of aromatic nitrogens is 2. The zero-order chi connectivity index (χ0) is 20.5. The van der Waals surface area contributed by atoms with Crippen LogP contribution in [0.1, 0.15) is 49.5 Å². The molecule has 1 aromatic carbocycles. The maximum absolute atomic E-state index is 12.6. The van der Waals surface area contributed by atoms with E-state index in [-0.39, 0.29) is 22.5 Å². The summed E-state index contributed by atoms with van der Waals surface area (Å²) in [5, 5.41) is 7.63. The van der Waals surface area contributed by atoms with Crippen molar-refractivity contribution >= 4 is 23.2 Å². The quantitative estimate of drug-likeness (QED) is 0.854. The number of benzene rings is 1. The lowest BCUT2D eigenvalue weighted by molar-refractivity contribution is 0.0930. The van der Waals surface area contributed by atoms with E-state index in [1.807, 2.05) is 52.0 Å². The Hall–Kier alpha value is -2.34. The normalized spacial score (nSPS) is 15.5. The van der Waals surface area contributed by atoms with E-state index in [2.05, 4.69) is 15.3 Å². The van der Waals surface area contributed by atoms with Crippen LogP contribution in [-0.4, -0.2) is 34.8 Å². The minimum Gasteiger partial charge on any atom is -0.369 e. The van der Waals surface area contributed by atoms with Crippen LogP contribution in [0.4, 0.5) is 5.69 Å². The van der Waals surface area contributed by atoms with Gasteiger partial charge in [0.15, 0.2) is 0 Å². The Kier molecular flexibility index (Phi) is 5.79. The van der Waals surface area contributed by atoms with Crippen molar-refractivity contribution in [1.29, 1.82) is 0 Å². The maximum Gasteiger partial charge on any atom is 0.288 e. The van der Waals surface area contributed by atoms with Crippen LogP contribution >= 0.6 is 11.6 Å². The predicted molar refractivity (Wildman–Crippen MR) is 112 cm³/mol. The zero-order valence-electron chi connectivity index (χ0n) is 16.8. The Morgan fingerprint density at radius 1 is 1.21 bits per heavy atom. The van der Waals surface area contributed by atoms with Gasteiger partial charge >= 0.3 is 0 Å². The first-order chi connectivity index (χ1) is 13.2. The molecule has 28 heavy (non-hydrogen) atoms. The van der Waals surface area contributed by atoms with Gasteiger partial charge in [-0.25, -0.2) is 4.68 Å². The van der Waals surface area contributed by atoms with Gasteiger partial charge in [0.1, 0.15) is 5.02 Å². The van der Waals surface area contributed by atoms with Crippen molar-refractivity contribution in [3.8, 4) is 0 Å². The second-order valence-electron chi connectivity index (χ2n) is 8.28. The molecule has 0 atom stereocenters. The average molecular weight is 403 g/mol. The number of nitrogens with one attached hydrogen (secondary N) is 1.